The lowest BCUT2D eigenvalue weighted by Gasteiger charge is -2.19. The number of fused-ring (bicyclic) bond motifs is 1. The summed E-state index contributed by atoms with van der Waals surface area (Å²) < 4.78 is 13.4. The summed E-state index contributed by atoms with van der Waals surface area (Å²) in [7, 11) is 0. The maximum atomic E-state index is 13.4. The average molecular weight is 586 g/mol. The number of nitrogens with zero attached hydrogens (tertiary/aromatic N) is 1. The number of primary amides is 1. The Labute approximate surface area is 247 Å². The van der Waals surface area contributed by atoms with Gasteiger partial charge in [-0.15, -0.1) is 11.3 Å². The smallest absolute Gasteiger partial charge is 0.338 e. The summed E-state index contributed by atoms with van der Waals surface area (Å²) >= 11 is 1.12. The maximum absolute atomic E-state index is 13.4. The number of hydrogen-bond donors (Lipinski definition) is 3. The molecule has 0 saturated carbocycles. The molecular weight excluding hydrogens is 553 g/mol. The number of carboxylic acid groups (broad SMARTS) is 1. The number of aromatic carboxylic acids is 1. The number of amides is 2. The summed E-state index contributed by atoms with van der Waals surface area (Å²) in [5.41, 5.74) is 9.87. The zero-order valence-electron chi connectivity index (χ0n) is 23.4. The van der Waals surface area contributed by atoms with Crippen molar-refractivity contribution in [2.24, 2.45) is 11.7 Å². The van der Waals surface area contributed by atoms with E-state index in [0.29, 0.717) is 34.0 Å². The van der Waals surface area contributed by atoms with E-state index in [4.69, 9.17) is 5.73 Å². The molecule has 5 rings (SSSR count). The molecule has 1 aliphatic carbocycles. The summed E-state index contributed by atoms with van der Waals surface area (Å²) in [6.07, 6.45) is 2.78. The fourth-order valence-corrected chi connectivity index (χ4v) is 6.56. The normalized spacial score (nSPS) is 14.1. The summed E-state index contributed by atoms with van der Waals surface area (Å²) in [6.45, 7) is 3.95. The van der Waals surface area contributed by atoms with E-state index in [-0.39, 0.29) is 46.8 Å². The fourth-order valence-electron chi connectivity index (χ4n) is 5.59. The van der Waals surface area contributed by atoms with E-state index in [0.717, 1.165) is 35.3 Å². The van der Waals surface area contributed by atoms with Crippen LogP contribution in [0.25, 0.3) is 10.4 Å². The first-order valence-corrected chi connectivity index (χ1v) is 14.8. The molecule has 2 aromatic carbocycles. The van der Waals surface area contributed by atoms with Gasteiger partial charge in [0, 0.05) is 10.4 Å². The molecule has 0 unspecified atom stereocenters. The van der Waals surface area contributed by atoms with E-state index in [9.17, 15) is 23.9 Å². The Morgan fingerprint density at radius 1 is 1.02 bits per heavy atom. The van der Waals surface area contributed by atoms with Crippen LogP contribution in [0, 0.1) is 11.7 Å². The Bertz CT molecular complexity index is 1660. The van der Waals surface area contributed by atoms with E-state index in [2.05, 4.69) is 16.4 Å². The van der Waals surface area contributed by atoms with Crippen LogP contribution in [-0.2, 0) is 25.7 Å². The second-order valence-electron chi connectivity index (χ2n) is 11.0. The molecular formula is C33H32FN3O4S. The molecule has 7 nitrogen and oxygen atoms in total. The van der Waals surface area contributed by atoms with Crippen molar-refractivity contribution in [3.05, 3.63) is 111 Å². The molecule has 9 heteroatoms. The number of aryl methyl sites for hydroxylation is 3. The minimum Gasteiger partial charge on any atom is -0.478 e. The third-order valence-corrected chi connectivity index (χ3v) is 8.59. The number of pyridine rings is 1. The zero-order valence-corrected chi connectivity index (χ0v) is 24.3. The summed E-state index contributed by atoms with van der Waals surface area (Å²) in [5.74, 6) is -2.53. The van der Waals surface area contributed by atoms with Crippen LogP contribution in [0.4, 0.5) is 4.39 Å². The molecule has 0 radical (unpaired) electrons. The number of rotatable bonds is 10. The number of thiophene rings is 1. The molecule has 1 aliphatic rings. The highest BCUT2D eigenvalue weighted by Gasteiger charge is 2.30. The van der Waals surface area contributed by atoms with Gasteiger partial charge in [0.2, 0.25) is 0 Å². The Hall–Kier alpha value is -4.37. The van der Waals surface area contributed by atoms with Gasteiger partial charge in [0.1, 0.15) is 5.82 Å². The Kier molecular flexibility index (Phi) is 8.49. The van der Waals surface area contributed by atoms with Crippen LogP contribution in [0.1, 0.15) is 84.8 Å². The van der Waals surface area contributed by atoms with Crippen molar-refractivity contribution < 1.29 is 23.9 Å². The SMILES string of the molecule is CC(C)Cc1nc(CCc2ccc(F)cc2)c(C(=O)O)c(-c2ccc(C(=O)N[C@@H]3CCc4ccccc43)s2)c1C(N)=O. The molecule has 2 amide bonds. The number of carbonyl (C=O) groups excluding carboxylic acids is 2. The van der Waals surface area contributed by atoms with Crippen molar-refractivity contribution >= 4 is 29.1 Å². The molecule has 2 aromatic heterocycles. The number of benzene rings is 2. The van der Waals surface area contributed by atoms with E-state index < -0.39 is 11.9 Å². The lowest BCUT2D eigenvalue weighted by molar-refractivity contribution is 0.0695. The van der Waals surface area contributed by atoms with Gasteiger partial charge < -0.3 is 16.2 Å². The van der Waals surface area contributed by atoms with Crippen molar-refractivity contribution in [1.29, 1.82) is 0 Å². The van der Waals surface area contributed by atoms with Gasteiger partial charge in [-0.3, -0.25) is 14.6 Å². The molecule has 4 N–H and O–H groups in total. The number of nitrogens with one attached hydrogen (secondary N) is 1. The van der Waals surface area contributed by atoms with Crippen molar-refractivity contribution in [3.8, 4) is 10.4 Å². The lowest BCUT2D eigenvalue weighted by atomic mass is 9.91. The summed E-state index contributed by atoms with van der Waals surface area (Å²) in [4.78, 5) is 44.4. The van der Waals surface area contributed by atoms with Gasteiger partial charge in [0.25, 0.3) is 11.8 Å². The van der Waals surface area contributed by atoms with Crippen LogP contribution in [-0.4, -0.2) is 27.9 Å². The summed E-state index contributed by atoms with van der Waals surface area (Å²) in [5, 5.41) is 13.5. The highest BCUT2D eigenvalue weighted by atomic mass is 32.1. The quantitative estimate of drug-likeness (QED) is 0.206. The standard InChI is InChI=1S/C33H32FN3O4S/c1-18(2)17-25-28(31(35)38)30(29(33(40)41)24(36-25)13-9-19-7-11-21(34)12-8-19)26-15-16-27(42-26)32(39)37-23-14-10-20-5-3-4-6-22(20)23/h3-8,11-12,15-16,18,23H,9-10,13-14,17H2,1-2H3,(H2,35,38)(H,37,39)(H,40,41)/t23-/m1/s1. The molecule has 1 atom stereocenters. The number of aromatic nitrogens is 1. The van der Waals surface area contributed by atoms with Crippen molar-refractivity contribution in [2.75, 3.05) is 0 Å². The van der Waals surface area contributed by atoms with E-state index in [1.54, 1.807) is 24.3 Å². The fraction of sp³-hybridized carbons (Fsp3) is 0.273. The highest BCUT2D eigenvalue weighted by Crippen LogP contribution is 2.38. The van der Waals surface area contributed by atoms with E-state index in [1.807, 2.05) is 32.0 Å². The van der Waals surface area contributed by atoms with Crippen LogP contribution >= 0.6 is 11.3 Å². The van der Waals surface area contributed by atoms with E-state index in [1.165, 1.54) is 17.7 Å². The first-order chi connectivity index (χ1) is 20.1. The third kappa shape index (κ3) is 6.11. The molecule has 4 aromatic rings. The zero-order chi connectivity index (χ0) is 30.0. The minimum absolute atomic E-state index is 0.0603. The first kappa shape index (κ1) is 29.1. The highest BCUT2D eigenvalue weighted by molar-refractivity contribution is 7.17. The Morgan fingerprint density at radius 3 is 2.45 bits per heavy atom. The Balaban J connectivity index is 1.55. The maximum Gasteiger partial charge on any atom is 0.338 e. The topological polar surface area (TPSA) is 122 Å². The second-order valence-corrected chi connectivity index (χ2v) is 12.0. The average Bonchev–Trinajstić information content (AvgIpc) is 3.59. The van der Waals surface area contributed by atoms with Gasteiger partial charge in [-0.1, -0.05) is 50.2 Å². The molecule has 0 spiro atoms. The van der Waals surface area contributed by atoms with Crippen LogP contribution in [0.3, 0.4) is 0 Å². The number of carbonyl (C=O) groups is 3. The van der Waals surface area contributed by atoms with Gasteiger partial charge in [-0.05, 0) is 79.0 Å². The first-order valence-electron chi connectivity index (χ1n) is 13.9. The van der Waals surface area contributed by atoms with Gasteiger partial charge >= 0.3 is 5.97 Å². The molecule has 0 fully saturated rings. The molecule has 0 aliphatic heterocycles. The van der Waals surface area contributed by atoms with Crippen molar-refractivity contribution in [1.82, 2.24) is 10.3 Å². The van der Waals surface area contributed by atoms with Crippen LogP contribution in [0.15, 0.2) is 60.7 Å². The third-order valence-electron chi connectivity index (χ3n) is 7.49. The molecule has 0 saturated heterocycles. The number of halogens is 1. The Morgan fingerprint density at radius 2 is 1.76 bits per heavy atom. The van der Waals surface area contributed by atoms with Crippen molar-refractivity contribution in [2.45, 2.75) is 52.0 Å². The second kappa shape index (κ2) is 12.2. The number of carboxylic acids is 1. The predicted octanol–water partition coefficient (Wildman–Crippen LogP) is 6.15. The van der Waals surface area contributed by atoms with Crippen molar-refractivity contribution in [3.63, 3.8) is 0 Å². The molecule has 216 valence electrons. The monoisotopic (exact) mass is 585 g/mol. The van der Waals surface area contributed by atoms with Crippen LogP contribution in [0.2, 0.25) is 0 Å². The lowest BCUT2D eigenvalue weighted by Crippen LogP contribution is -2.26. The molecule has 2 heterocycles. The minimum atomic E-state index is -1.24. The number of nitrogens with two attached hydrogens (primary N) is 1. The predicted molar refractivity (Wildman–Crippen MR) is 160 cm³/mol. The van der Waals surface area contributed by atoms with Crippen LogP contribution < -0.4 is 11.1 Å². The van der Waals surface area contributed by atoms with Gasteiger partial charge in [-0.2, -0.15) is 0 Å². The largest absolute Gasteiger partial charge is 0.478 e. The molecule has 42 heavy (non-hydrogen) atoms. The summed E-state index contributed by atoms with van der Waals surface area (Å²) in [6, 6.07) is 17.2. The van der Waals surface area contributed by atoms with Gasteiger partial charge in [0.05, 0.1) is 33.4 Å². The van der Waals surface area contributed by atoms with E-state index >= 15 is 0 Å². The van der Waals surface area contributed by atoms with Crippen LogP contribution in [0.5, 0.6) is 0 Å². The van der Waals surface area contributed by atoms with Gasteiger partial charge in [0.15, 0.2) is 0 Å². The van der Waals surface area contributed by atoms with Gasteiger partial charge in [-0.25, -0.2) is 9.18 Å². The molecule has 0 bridgehead atoms. The number of hydrogen-bond acceptors (Lipinski definition) is 5.